The van der Waals surface area contributed by atoms with Crippen LogP contribution in [-0.2, 0) is 38.7 Å². The SMILES string of the molecule is O=C(Cc1cccc2ccccc12)Nc1ccn([C@@H]2O[C@H](COP(=O)([O-])OP(=O)([O-])CCCOCO)C(O)[C@@H]2O)c(=O)n1. The highest BCUT2D eigenvalue weighted by Gasteiger charge is 2.44. The summed E-state index contributed by atoms with van der Waals surface area (Å²) in [5, 5.41) is 33.7. The van der Waals surface area contributed by atoms with Crippen molar-refractivity contribution in [3.63, 3.8) is 0 Å². The molecule has 3 aromatic rings. The lowest BCUT2D eigenvalue weighted by Gasteiger charge is -2.32. The molecule has 1 aliphatic heterocycles. The maximum absolute atomic E-state index is 12.7. The molecular weight excluding hydrogens is 612 g/mol. The Morgan fingerprint density at radius 3 is 2.58 bits per heavy atom. The highest BCUT2D eigenvalue weighted by Crippen LogP contribution is 2.55. The molecule has 2 aromatic carbocycles. The molecule has 234 valence electrons. The predicted octanol–water partition coefficient (Wildman–Crippen LogP) is -0.392. The zero-order valence-electron chi connectivity index (χ0n) is 22.5. The Kier molecular flexibility index (Phi) is 11.0. The van der Waals surface area contributed by atoms with E-state index in [1.807, 2.05) is 42.5 Å². The lowest BCUT2D eigenvalue weighted by molar-refractivity contribution is -0.234. The number of carbonyl (C=O) groups excluding carboxylic acids is 1. The van der Waals surface area contributed by atoms with Gasteiger partial charge >= 0.3 is 5.69 Å². The van der Waals surface area contributed by atoms with E-state index >= 15 is 0 Å². The fourth-order valence-corrected chi connectivity index (χ4v) is 6.97. The molecular formula is C25H29N3O13P2-2. The van der Waals surface area contributed by atoms with Gasteiger partial charge in [0, 0.05) is 19.0 Å². The second-order valence-electron chi connectivity index (χ2n) is 9.46. The second-order valence-corrected chi connectivity index (χ2v) is 12.9. The monoisotopic (exact) mass is 641 g/mol. The molecule has 1 fully saturated rings. The van der Waals surface area contributed by atoms with Gasteiger partial charge in [0.25, 0.3) is 7.82 Å². The van der Waals surface area contributed by atoms with E-state index in [0.717, 1.165) is 27.1 Å². The molecule has 6 atom stereocenters. The molecule has 1 saturated heterocycles. The number of hydrogen-bond acceptors (Lipinski definition) is 14. The fraction of sp³-hybridized carbons (Fsp3) is 0.400. The Hall–Kier alpha value is -2.85. The highest BCUT2D eigenvalue weighted by atomic mass is 31.3. The molecule has 16 nitrogen and oxygen atoms in total. The molecule has 1 aliphatic rings. The van der Waals surface area contributed by atoms with Gasteiger partial charge in [-0.25, -0.2) is 4.79 Å². The molecule has 43 heavy (non-hydrogen) atoms. The molecule has 4 rings (SSSR count). The van der Waals surface area contributed by atoms with E-state index in [9.17, 15) is 38.7 Å². The number of phosphoric acid groups is 1. The number of aromatic nitrogens is 2. The van der Waals surface area contributed by atoms with Crippen LogP contribution in [0.25, 0.3) is 10.8 Å². The van der Waals surface area contributed by atoms with Crippen LogP contribution in [0.15, 0.2) is 59.5 Å². The number of anilines is 1. The van der Waals surface area contributed by atoms with Crippen molar-refractivity contribution in [2.45, 2.75) is 37.4 Å². The maximum atomic E-state index is 12.7. The number of ether oxygens (including phenoxy) is 2. The summed E-state index contributed by atoms with van der Waals surface area (Å²) in [6, 6.07) is 14.4. The smallest absolute Gasteiger partial charge is 0.351 e. The number of phosphoric ester groups is 1. The zero-order chi connectivity index (χ0) is 31.2. The Bertz CT molecular complexity index is 1580. The van der Waals surface area contributed by atoms with Crippen LogP contribution < -0.4 is 20.8 Å². The molecule has 0 saturated carbocycles. The van der Waals surface area contributed by atoms with Gasteiger partial charge in [-0.1, -0.05) is 42.5 Å². The molecule has 18 heteroatoms. The molecule has 0 bridgehead atoms. The van der Waals surface area contributed by atoms with Crippen LogP contribution >= 0.6 is 15.4 Å². The van der Waals surface area contributed by atoms with Crippen molar-refractivity contribution in [1.29, 1.82) is 0 Å². The van der Waals surface area contributed by atoms with Crippen molar-refractivity contribution in [3.8, 4) is 0 Å². The topological polar surface area (TPSA) is 242 Å². The van der Waals surface area contributed by atoms with Crippen LogP contribution in [0.3, 0.4) is 0 Å². The third kappa shape index (κ3) is 8.85. The van der Waals surface area contributed by atoms with Crippen molar-refractivity contribution in [2.75, 3.05) is 31.5 Å². The van der Waals surface area contributed by atoms with Crippen molar-refractivity contribution in [1.82, 2.24) is 9.55 Å². The highest BCUT2D eigenvalue weighted by molar-refractivity contribution is 7.62. The van der Waals surface area contributed by atoms with E-state index in [1.165, 1.54) is 6.07 Å². The third-order valence-corrected chi connectivity index (χ3v) is 9.50. The van der Waals surface area contributed by atoms with Crippen LogP contribution in [0.2, 0.25) is 0 Å². The van der Waals surface area contributed by atoms with Crippen molar-refractivity contribution < 1.29 is 57.3 Å². The number of benzene rings is 2. The van der Waals surface area contributed by atoms with Gasteiger partial charge in [-0.3, -0.25) is 18.2 Å². The Morgan fingerprint density at radius 1 is 1.09 bits per heavy atom. The standard InChI is InChI=1S/C25H31N3O13P2/c29-15-38-11-4-12-42(34,35)41-43(36,37)39-14-19-22(31)23(32)24(40-19)28-10-9-20(27-25(28)33)26-21(30)13-17-7-3-6-16-5-1-2-8-18(16)17/h1-3,5-10,19,22-24,29,31-32H,4,11-15H2,(H,34,35)(H,36,37)(H,26,27,30,33)/p-2/t19-,22?,23+,24-/m1/s1. The van der Waals surface area contributed by atoms with E-state index in [1.54, 1.807) is 0 Å². The van der Waals surface area contributed by atoms with Gasteiger partial charge in [-0.05, 0) is 28.8 Å². The van der Waals surface area contributed by atoms with Crippen LogP contribution in [0.1, 0.15) is 18.2 Å². The zero-order valence-corrected chi connectivity index (χ0v) is 24.3. The summed E-state index contributed by atoms with van der Waals surface area (Å²) in [7, 11) is -10.3. The lowest BCUT2D eigenvalue weighted by Crippen LogP contribution is -2.36. The minimum Gasteiger partial charge on any atom is -0.778 e. The Balaban J connectivity index is 1.34. The maximum Gasteiger partial charge on any atom is 0.351 e. The lowest BCUT2D eigenvalue weighted by atomic mass is 10.0. The van der Waals surface area contributed by atoms with Gasteiger partial charge in [0.1, 0.15) is 38.5 Å². The predicted molar refractivity (Wildman–Crippen MR) is 145 cm³/mol. The quantitative estimate of drug-likeness (QED) is 0.0996. The van der Waals surface area contributed by atoms with Gasteiger partial charge in [0.15, 0.2) is 6.23 Å². The Labute approximate surface area is 244 Å². The van der Waals surface area contributed by atoms with Crippen molar-refractivity contribution in [3.05, 3.63) is 70.8 Å². The molecule has 0 radical (unpaired) electrons. The molecule has 3 unspecified atom stereocenters. The van der Waals surface area contributed by atoms with Crippen LogP contribution in [0.5, 0.6) is 0 Å². The molecule has 1 aromatic heterocycles. The first-order chi connectivity index (χ1) is 20.4. The van der Waals surface area contributed by atoms with Gasteiger partial charge in [0.05, 0.1) is 13.0 Å². The number of nitrogens with zero attached hydrogens (tertiary/aromatic N) is 2. The minimum absolute atomic E-state index is 0.0116. The summed E-state index contributed by atoms with van der Waals surface area (Å²) < 4.78 is 43.4. The average Bonchev–Trinajstić information content (AvgIpc) is 3.22. The summed E-state index contributed by atoms with van der Waals surface area (Å²) in [6.45, 7) is -1.75. The van der Waals surface area contributed by atoms with Gasteiger partial charge in [-0.15, -0.1) is 0 Å². The molecule has 1 amide bonds. The summed E-state index contributed by atoms with van der Waals surface area (Å²) >= 11 is 0. The van der Waals surface area contributed by atoms with Gasteiger partial charge < -0.3 is 49.0 Å². The van der Waals surface area contributed by atoms with Crippen molar-refractivity contribution >= 4 is 37.9 Å². The number of carbonyl (C=O) groups is 1. The summed E-state index contributed by atoms with van der Waals surface area (Å²) in [5.41, 5.74) is -0.191. The summed E-state index contributed by atoms with van der Waals surface area (Å²) in [5.74, 6) is -0.509. The van der Waals surface area contributed by atoms with E-state index in [-0.39, 0.29) is 25.3 Å². The number of fused-ring (bicyclic) bond motifs is 1. The van der Waals surface area contributed by atoms with E-state index in [2.05, 4.69) is 23.9 Å². The van der Waals surface area contributed by atoms with E-state index in [0.29, 0.717) is 0 Å². The number of hydrogen-bond donors (Lipinski definition) is 4. The van der Waals surface area contributed by atoms with Crippen LogP contribution in [0.4, 0.5) is 5.82 Å². The normalized spacial score (nSPS) is 23.1. The summed E-state index contributed by atoms with van der Waals surface area (Å²) in [6.07, 6.45) is -6.22. The van der Waals surface area contributed by atoms with Gasteiger partial charge in [-0.2, -0.15) is 4.98 Å². The fourth-order valence-electron chi connectivity index (χ4n) is 4.39. The van der Waals surface area contributed by atoms with Crippen LogP contribution in [-0.4, -0.2) is 75.3 Å². The average molecular weight is 641 g/mol. The third-order valence-electron chi connectivity index (χ3n) is 6.37. The van der Waals surface area contributed by atoms with Gasteiger partial charge in [0.2, 0.25) is 5.91 Å². The first kappa shape index (κ1) is 33.1. The van der Waals surface area contributed by atoms with E-state index < -0.39 is 71.1 Å². The number of aliphatic hydroxyl groups excluding tert-OH is 3. The first-order valence-corrected chi connectivity index (χ1v) is 16.1. The minimum atomic E-state index is -5.44. The molecule has 0 spiro atoms. The molecule has 2 heterocycles. The number of amides is 1. The van der Waals surface area contributed by atoms with Crippen molar-refractivity contribution in [2.24, 2.45) is 0 Å². The largest absolute Gasteiger partial charge is 0.778 e. The first-order valence-electron chi connectivity index (χ1n) is 12.9. The van der Waals surface area contributed by atoms with E-state index in [4.69, 9.17) is 9.84 Å². The summed E-state index contributed by atoms with van der Waals surface area (Å²) in [4.78, 5) is 53.0. The molecule has 4 N–H and O–H groups in total. The second kappa shape index (κ2) is 14.3. The molecule has 0 aliphatic carbocycles. The Morgan fingerprint density at radius 2 is 1.84 bits per heavy atom. The number of aliphatic hydroxyl groups is 3. The number of rotatable bonds is 14. The van der Waals surface area contributed by atoms with Crippen LogP contribution in [0, 0.1) is 0 Å². The number of nitrogens with one attached hydrogen (secondary N) is 1.